The topological polar surface area (TPSA) is 57.7 Å². The zero-order valence-electron chi connectivity index (χ0n) is 21.2. The van der Waals surface area contributed by atoms with E-state index < -0.39 is 10.0 Å². The van der Waals surface area contributed by atoms with E-state index in [9.17, 15) is 13.2 Å². The van der Waals surface area contributed by atoms with Crippen molar-refractivity contribution in [2.45, 2.75) is 76.7 Å². The SMILES string of the molecule is Cc1ccc(S(=O)(=O)N2CCC(C(=O)N3CCCC3c3ccc(C(C)(C)C)cc3)CC2)cc1C. The summed E-state index contributed by atoms with van der Waals surface area (Å²) in [6.07, 6.45) is 3.15. The Labute approximate surface area is 205 Å². The zero-order valence-corrected chi connectivity index (χ0v) is 22.0. The summed E-state index contributed by atoms with van der Waals surface area (Å²) in [4.78, 5) is 15.9. The molecule has 1 unspecified atom stereocenters. The van der Waals surface area contributed by atoms with Crippen molar-refractivity contribution in [2.75, 3.05) is 19.6 Å². The van der Waals surface area contributed by atoms with E-state index in [1.54, 1.807) is 16.4 Å². The van der Waals surface area contributed by atoms with Crippen molar-refractivity contribution in [3.63, 3.8) is 0 Å². The molecule has 0 aliphatic carbocycles. The molecular formula is C28H38N2O3S. The summed E-state index contributed by atoms with van der Waals surface area (Å²) in [5.41, 5.74) is 4.66. The molecule has 2 aromatic carbocycles. The molecule has 0 bridgehead atoms. The standard InChI is InChI=1S/C28H38N2O3S/c1-20-8-13-25(19-21(20)2)34(32,33)29-17-14-23(15-18-29)27(31)30-16-6-7-26(30)22-9-11-24(12-10-22)28(3,4)5/h8-13,19,23,26H,6-7,14-18H2,1-5H3. The lowest BCUT2D eigenvalue weighted by molar-refractivity contribution is -0.137. The Morgan fingerprint density at radius 3 is 2.12 bits per heavy atom. The van der Waals surface area contributed by atoms with Crippen LogP contribution in [0.4, 0.5) is 0 Å². The maximum Gasteiger partial charge on any atom is 0.243 e. The van der Waals surface area contributed by atoms with E-state index in [1.807, 2.05) is 24.8 Å². The highest BCUT2D eigenvalue weighted by Crippen LogP contribution is 2.36. The van der Waals surface area contributed by atoms with Gasteiger partial charge in [0.15, 0.2) is 0 Å². The van der Waals surface area contributed by atoms with Crippen LogP contribution < -0.4 is 0 Å². The van der Waals surface area contributed by atoms with Crippen molar-refractivity contribution in [3.05, 3.63) is 64.7 Å². The fraction of sp³-hybridized carbons (Fsp3) is 0.536. The van der Waals surface area contributed by atoms with Gasteiger partial charge in [0.25, 0.3) is 0 Å². The highest BCUT2D eigenvalue weighted by Gasteiger charge is 2.37. The molecule has 34 heavy (non-hydrogen) atoms. The van der Waals surface area contributed by atoms with Crippen molar-refractivity contribution in [3.8, 4) is 0 Å². The van der Waals surface area contributed by atoms with Gasteiger partial charge in [-0.1, -0.05) is 51.1 Å². The van der Waals surface area contributed by atoms with Crippen LogP contribution >= 0.6 is 0 Å². The number of benzene rings is 2. The van der Waals surface area contributed by atoms with Gasteiger partial charge in [0.2, 0.25) is 15.9 Å². The van der Waals surface area contributed by atoms with E-state index in [1.165, 1.54) is 11.1 Å². The third-order valence-corrected chi connectivity index (χ3v) is 9.51. The summed E-state index contributed by atoms with van der Waals surface area (Å²) >= 11 is 0. The van der Waals surface area contributed by atoms with Crippen LogP contribution in [0.3, 0.4) is 0 Å². The normalized spacial score (nSPS) is 20.6. The van der Waals surface area contributed by atoms with E-state index in [4.69, 9.17) is 0 Å². The summed E-state index contributed by atoms with van der Waals surface area (Å²) < 4.78 is 27.8. The first-order valence-corrected chi connectivity index (χ1v) is 13.9. The van der Waals surface area contributed by atoms with Crippen LogP contribution in [0.5, 0.6) is 0 Å². The minimum atomic E-state index is -3.53. The predicted molar refractivity (Wildman–Crippen MR) is 136 cm³/mol. The molecule has 1 amide bonds. The first-order valence-electron chi connectivity index (χ1n) is 12.5. The van der Waals surface area contributed by atoms with Gasteiger partial charge in [0.05, 0.1) is 10.9 Å². The summed E-state index contributed by atoms with van der Waals surface area (Å²) in [7, 11) is -3.53. The Bertz CT molecular complexity index is 1140. The van der Waals surface area contributed by atoms with Crippen LogP contribution in [0.15, 0.2) is 47.4 Å². The molecule has 2 heterocycles. The van der Waals surface area contributed by atoms with Crippen LogP contribution in [0.2, 0.25) is 0 Å². The lowest BCUT2D eigenvalue weighted by Crippen LogP contribution is -2.44. The Morgan fingerprint density at radius 1 is 0.882 bits per heavy atom. The van der Waals surface area contributed by atoms with Crippen molar-refractivity contribution in [1.82, 2.24) is 9.21 Å². The molecule has 1 atom stereocenters. The van der Waals surface area contributed by atoms with Gasteiger partial charge in [0, 0.05) is 25.6 Å². The first kappa shape index (κ1) is 24.9. The molecule has 2 saturated heterocycles. The fourth-order valence-electron chi connectivity index (χ4n) is 5.18. The molecule has 2 aliphatic rings. The Morgan fingerprint density at radius 2 is 1.53 bits per heavy atom. The van der Waals surface area contributed by atoms with Gasteiger partial charge in [-0.3, -0.25) is 4.79 Å². The summed E-state index contributed by atoms with van der Waals surface area (Å²) in [6, 6.07) is 14.2. The predicted octanol–water partition coefficient (Wildman–Crippen LogP) is 5.37. The molecule has 0 aromatic heterocycles. The number of aryl methyl sites for hydroxylation is 2. The summed E-state index contributed by atoms with van der Waals surface area (Å²) in [5.74, 6) is 0.0753. The molecule has 2 aromatic rings. The second-order valence-corrected chi connectivity index (χ2v) is 12.9. The lowest BCUT2D eigenvalue weighted by atomic mass is 9.86. The quantitative estimate of drug-likeness (QED) is 0.589. The first-order chi connectivity index (χ1) is 16.0. The molecular weight excluding hydrogens is 444 g/mol. The number of carbonyl (C=O) groups excluding carboxylic acids is 1. The number of amides is 1. The van der Waals surface area contributed by atoms with Crippen LogP contribution in [-0.4, -0.2) is 43.2 Å². The third-order valence-electron chi connectivity index (χ3n) is 7.62. The number of hydrogen-bond acceptors (Lipinski definition) is 3. The highest BCUT2D eigenvalue weighted by molar-refractivity contribution is 7.89. The molecule has 2 aliphatic heterocycles. The van der Waals surface area contributed by atoms with Crippen LogP contribution in [0.1, 0.15) is 74.8 Å². The monoisotopic (exact) mass is 482 g/mol. The van der Waals surface area contributed by atoms with E-state index in [2.05, 4.69) is 45.0 Å². The fourth-order valence-corrected chi connectivity index (χ4v) is 6.74. The molecule has 4 rings (SSSR count). The van der Waals surface area contributed by atoms with Crippen molar-refractivity contribution in [1.29, 1.82) is 0 Å². The molecule has 5 nitrogen and oxygen atoms in total. The molecule has 0 saturated carbocycles. The maximum absolute atomic E-state index is 13.5. The number of sulfonamides is 1. The van der Waals surface area contributed by atoms with Crippen molar-refractivity contribution >= 4 is 15.9 Å². The number of likely N-dealkylation sites (tertiary alicyclic amines) is 1. The van der Waals surface area contributed by atoms with Crippen LogP contribution in [0, 0.1) is 19.8 Å². The molecule has 6 heteroatoms. The van der Waals surface area contributed by atoms with Crippen LogP contribution in [0.25, 0.3) is 0 Å². The molecule has 0 spiro atoms. The Hall–Kier alpha value is -2.18. The molecule has 0 N–H and O–H groups in total. The van der Waals surface area contributed by atoms with Gasteiger partial charge in [-0.2, -0.15) is 4.31 Å². The number of nitrogens with zero attached hydrogens (tertiary/aromatic N) is 2. The zero-order chi connectivity index (χ0) is 24.7. The number of carbonyl (C=O) groups is 1. The Balaban J connectivity index is 1.42. The number of piperidine rings is 1. The molecule has 184 valence electrons. The van der Waals surface area contributed by atoms with Gasteiger partial charge in [-0.05, 0) is 79.3 Å². The van der Waals surface area contributed by atoms with Gasteiger partial charge >= 0.3 is 0 Å². The van der Waals surface area contributed by atoms with Gasteiger partial charge < -0.3 is 4.90 Å². The Kier molecular flexibility index (Phi) is 6.94. The average molecular weight is 483 g/mol. The number of hydrogen-bond donors (Lipinski definition) is 0. The highest BCUT2D eigenvalue weighted by atomic mass is 32.2. The smallest absolute Gasteiger partial charge is 0.243 e. The van der Waals surface area contributed by atoms with Gasteiger partial charge in [-0.25, -0.2) is 8.42 Å². The average Bonchev–Trinajstić information content (AvgIpc) is 3.30. The summed E-state index contributed by atoms with van der Waals surface area (Å²) in [5, 5.41) is 0. The van der Waals surface area contributed by atoms with E-state index in [-0.39, 0.29) is 23.3 Å². The van der Waals surface area contributed by atoms with E-state index in [0.717, 1.165) is 30.5 Å². The largest absolute Gasteiger partial charge is 0.335 e. The number of rotatable bonds is 4. The minimum absolute atomic E-state index is 0.106. The second kappa shape index (κ2) is 9.46. The summed E-state index contributed by atoms with van der Waals surface area (Å²) in [6.45, 7) is 12.1. The van der Waals surface area contributed by atoms with Crippen molar-refractivity contribution in [2.24, 2.45) is 5.92 Å². The minimum Gasteiger partial charge on any atom is -0.335 e. The lowest BCUT2D eigenvalue weighted by Gasteiger charge is -2.34. The van der Waals surface area contributed by atoms with Gasteiger partial charge in [-0.15, -0.1) is 0 Å². The third kappa shape index (κ3) is 4.94. The van der Waals surface area contributed by atoms with E-state index in [0.29, 0.717) is 30.8 Å². The molecule has 2 fully saturated rings. The van der Waals surface area contributed by atoms with Crippen molar-refractivity contribution < 1.29 is 13.2 Å². The van der Waals surface area contributed by atoms with Gasteiger partial charge in [0.1, 0.15) is 0 Å². The van der Waals surface area contributed by atoms with E-state index >= 15 is 0 Å². The molecule has 0 radical (unpaired) electrons. The second-order valence-electron chi connectivity index (χ2n) is 11.0. The van der Waals surface area contributed by atoms with Crippen LogP contribution in [-0.2, 0) is 20.2 Å². The maximum atomic E-state index is 13.5.